The van der Waals surface area contributed by atoms with Crippen LogP contribution in [0.5, 0.6) is 0 Å². The highest BCUT2D eigenvalue weighted by Crippen LogP contribution is 2.17. The molecule has 0 aliphatic heterocycles. The van der Waals surface area contributed by atoms with Crippen LogP contribution in [0.1, 0.15) is 6.92 Å². The third-order valence-electron chi connectivity index (χ3n) is 0.522. The first-order chi connectivity index (χ1) is 4.06. The minimum absolute atomic E-state index is 0.142. The Morgan fingerprint density at radius 2 is 2.22 bits per heavy atom. The maximum absolute atomic E-state index is 11.9. The summed E-state index contributed by atoms with van der Waals surface area (Å²) in [6, 6.07) is 1.77. The van der Waals surface area contributed by atoms with Crippen LogP contribution in [-0.4, -0.2) is 17.4 Å². The van der Waals surface area contributed by atoms with Crippen LogP contribution < -0.4 is 0 Å². The number of hydrogen-bond acceptors (Lipinski definition) is 2. The van der Waals surface area contributed by atoms with Crippen molar-refractivity contribution in [3.05, 3.63) is 0 Å². The second-order valence-electron chi connectivity index (χ2n) is 1.72. The number of alkyl halides is 2. The van der Waals surface area contributed by atoms with Gasteiger partial charge in [-0.15, -0.1) is 11.8 Å². The standard InChI is InChI=1S/C5H7F2NS/c1-5(6,7)4-9-3-2-8/h3-4H2,1H3. The van der Waals surface area contributed by atoms with Crippen molar-refractivity contribution >= 4 is 11.8 Å². The number of hydrogen-bond donors (Lipinski definition) is 0. The average molecular weight is 151 g/mol. The monoisotopic (exact) mass is 151 g/mol. The molecular weight excluding hydrogens is 144 g/mol. The molecule has 9 heavy (non-hydrogen) atoms. The fourth-order valence-electron chi connectivity index (χ4n) is 0.276. The normalized spacial score (nSPS) is 10.9. The van der Waals surface area contributed by atoms with E-state index < -0.39 is 5.92 Å². The molecule has 0 aromatic heterocycles. The first kappa shape index (κ1) is 8.70. The third kappa shape index (κ3) is 7.70. The lowest BCUT2D eigenvalue weighted by Crippen LogP contribution is -2.12. The topological polar surface area (TPSA) is 23.8 Å². The quantitative estimate of drug-likeness (QED) is 0.575. The Labute approximate surface area is 57.0 Å². The van der Waals surface area contributed by atoms with E-state index in [9.17, 15) is 8.78 Å². The van der Waals surface area contributed by atoms with Crippen LogP contribution in [0.15, 0.2) is 0 Å². The Kier molecular flexibility index (Phi) is 3.55. The van der Waals surface area contributed by atoms with Crippen molar-refractivity contribution in [1.82, 2.24) is 0 Å². The van der Waals surface area contributed by atoms with Crippen LogP contribution in [0.2, 0.25) is 0 Å². The zero-order valence-electron chi connectivity index (χ0n) is 5.03. The van der Waals surface area contributed by atoms with Crippen molar-refractivity contribution in [2.45, 2.75) is 12.8 Å². The molecule has 0 bridgehead atoms. The summed E-state index contributed by atoms with van der Waals surface area (Å²) in [5.74, 6) is -2.76. The van der Waals surface area contributed by atoms with Crippen molar-refractivity contribution in [1.29, 1.82) is 5.26 Å². The number of nitrogens with zero attached hydrogens (tertiary/aromatic N) is 1. The van der Waals surface area contributed by atoms with E-state index in [1.54, 1.807) is 6.07 Å². The molecule has 0 unspecified atom stereocenters. The van der Waals surface area contributed by atoms with E-state index in [1.165, 1.54) is 0 Å². The molecule has 0 aromatic carbocycles. The largest absolute Gasteiger partial charge is 0.254 e. The van der Waals surface area contributed by atoms with Gasteiger partial charge in [-0.1, -0.05) is 0 Å². The Bertz CT molecular complexity index is 113. The van der Waals surface area contributed by atoms with Crippen LogP contribution in [0.4, 0.5) is 8.78 Å². The van der Waals surface area contributed by atoms with Gasteiger partial charge in [0.15, 0.2) is 0 Å². The summed E-state index contributed by atoms with van der Waals surface area (Å²) in [6.07, 6.45) is 0. The minimum Gasteiger partial charge on any atom is -0.206 e. The molecular formula is C5H7F2NS. The molecule has 0 atom stereocenters. The first-order valence-corrected chi connectivity index (χ1v) is 3.54. The van der Waals surface area contributed by atoms with Crippen LogP contribution >= 0.6 is 11.8 Å². The Balaban J connectivity index is 3.20. The molecule has 0 aliphatic rings. The fraction of sp³-hybridized carbons (Fsp3) is 0.800. The highest BCUT2D eigenvalue weighted by atomic mass is 32.2. The maximum atomic E-state index is 11.9. The zero-order valence-corrected chi connectivity index (χ0v) is 5.84. The molecule has 0 N–H and O–H groups in total. The van der Waals surface area contributed by atoms with E-state index in [4.69, 9.17) is 5.26 Å². The molecule has 4 heteroatoms. The second-order valence-corrected chi connectivity index (χ2v) is 2.71. The van der Waals surface area contributed by atoms with Crippen LogP contribution in [0.25, 0.3) is 0 Å². The van der Waals surface area contributed by atoms with Crippen LogP contribution in [0, 0.1) is 11.3 Å². The van der Waals surface area contributed by atoms with E-state index >= 15 is 0 Å². The number of nitriles is 1. The molecule has 0 aromatic rings. The molecule has 0 radical (unpaired) electrons. The van der Waals surface area contributed by atoms with E-state index in [0.717, 1.165) is 18.7 Å². The van der Waals surface area contributed by atoms with Gasteiger partial charge in [0, 0.05) is 6.92 Å². The highest BCUT2D eigenvalue weighted by Gasteiger charge is 2.19. The predicted octanol–water partition coefficient (Wildman–Crippen LogP) is 1.90. The second kappa shape index (κ2) is 3.67. The molecule has 0 fully saturated rings. The fourth-order valence-corrected chi connectivity index (χ4v) is 0.828. The van der Waals surface area contributed by atoms with E-state index in [2.05, 4.69) is 0 Å². The van der Waals surface area contributed by atoms with E-state index in [-0.39, 0.29) is 11.5 Å². The lowest BCUT2D eigenvalue weighted by atomic mass is 10.5. The molecule has 52 valence electrons. The van der Waals surface area contributed by atoms with Gasteiger partial charge in [0.1, 0.15) is 0 Å². The number of thioether (sulfide) groups is 1. The smallest absolute Gasteiger partial charge is 0.206 e. The van der Waals surface area contributed by atoms with Gasteiger partial charge in [-0.25, -0.2) is 8.78 Å². The minimum atomic E-state index is -2.64. The van der Waals surface area contributed by atoms with Crippen molar-refractivity contribution < 1.29 is 8.78 Å². The molecule has 0 saturated heterocycles. The van der Waals surface area contributed by atoms with Gasteiger partial charge >= 0.3 is 0 Å². The van der Waals surface area contributed by atoms with Gasteiger partial charge in [-0.05, 0) is 0 Å². The summed E-state index contributed by atoms with van der Waals surface area (Å²) < 4.78 is 23.8. The summed E-state index contributed by atoms with van der Waals surface area (Å²) in [4.78, 5) is 0. The van der Waals surface area contributed by atoms with Crippen LogP contribution in [0.3, 0.4) is 0 Å². The van der Waals surface area contributed by atoms with Gasteiger partial charge in [0.2, 0.25) is 0 Å². The maximum Gasteiger partial charge on any atom is 0.254 e. The third-order valence-corrected chi connectivity index (χ3v) is 1.57. The van der Waals surface area contributed by atoms with Gasteiger partial charge < -0.3 is 0 Å². The van der Waals surface area contributed by atoms with E-state index in [1.807, 2.05) is 0 Å². The molecule has 0 spiro atoms. The zero-order chi connectivity index (χ0) is 7.33. The Morgan fingerprint density at radius 1 is 1.67 bits per heavy atom. The van der Waals surface area contributed by atoms with Crippen molar-refractivity contribution in [2.24, 2.45) is 0 Å². The summed E-state index contributed by atoms with van der Waals surface area (Å²) in [5, 5.41) is 7.95. The summed E-state index contributed by atoms with van der Waals surface area (Å²) >= 11 is 0.949. The lowest BCUT2D eigenvalue weighted by Gasteiger charge is -2.06. The number of rotatable bonds is 3. The average Bonchev–Trinajstić information content (AvgIpc) is 1.63. The van der Waals surface area contributed by atoms with Crippen LogP contribution in [-0.2, 0) is 0 Å². The molecule has 0 heterocycles. The molecule has 0 aliphatic carbocycles. The van der Waals surface area contributed by atoms with Crippen molar-refractivity contribution in [3.63, 3.8) is 0 Å². The Morgan fingerprint density at radius 3 is 2.56 bits per heavy atom. The Hall–Kier alpha value is -0.300. The molecule has 0 amide bonds. The molecule has 1 nitrogen and oxygen atoms in total. The highest BCUT2D eigenvalue weighted by molar-refractivity contribution is 7.99. The first-order valence-electron chi connectivity index (χ1n) is 2.39. The van der Waals surface area contributed by atoms with Gasteiger partial charge in [0.05, 0.1) is 17.6 Å². The van der Waals surface area contributed by atoms with Crippen molar-refractivity contribution in [2.75, 3.05) is 11.5 Å². The number of halogens is 2. The predicted molar refractivity (Wildman–Crippen MR) is 33.6 cm³/mol. The van der Waals surface area contributed by atoms with Gasteiger partial charge in [-0.3, -0.25) is 0 Å². The van der Waals surface area contributed by atoms with Gasteiger partial charge in [-0.2, -0.15) is 5.26 Å². The summed E-state index contributed by atoms with van der Waals surface area (Å²) in [6.45, 7) is 0.845. The SMILES string of the molecule is CC(F)(F)CSCC#N. The summed E-state index contributed by atoms with van der Waals surface area (Å²) in [7, 11) is 0. The molecule has 0 rings (SSSR count). The van der Waals surface area contributed by atoms with E-state index in [0.29, 0.717) is 0 Å². The molecule has 0 saturated carbocycles. The lowest BCUT2D eigenvalue weighted by molar-refractivity contribution is 0.0493. The summed E-state index contributed by atoms with van der Waals surface area (Å²) in [5.41, 5.74) is 0. The van der Waals surface area contributed by atoms with Crippen molar-refractivity contribution in [3.8, 4) is 6.07 Å². The van der Waals surface area contributed by atoms with Gasteiger partial charge in [0.25, 0.3) is 5.92 Å².